The molecule has 0 bridgehead atoms. The molecule has 2 aliphatic carbocycles. The van der Waals surface area contributed by atoms with Crippen LogP contribution in [0, 0.1) is 22.7 Å². The Bertz CT molecular complexity index is 387. The van der Waals surface area contributed by atoms with Gasteiger partial charge in [0.25, 0.3) is 0 Å². The molecule has 20 heavy (non-hydrogen) atoms. The topological polar surface area (TPSA) is 43.8 Å². The van der Waals surface area contributed by atoms with E-state index in [-0.39, 0.29) is 5.41 Å². The zero-order chi connectivity index (χ0) is 14.4. The number of likely N-dealkylation sites (tertiary alicyclic amines) is 2. The highest BCUT2D eigenvalue weighted by molar-refractivity contribution is 5.65. The van der Waals surface area contributed by atoms with Crippen molar-refractivity contribution >= 4 is 6.29 Å². The van der Waals surface area contributed by atoms with Gasteiger partial charge in [0, 0.05) is 23.9 Å². The maximum atomic E-state index is 10.6. The van der Waals surface area contributed by atoms with Crippen molar-refractivity contribution in [2.75, 3.05) is 46.9 Å². The molecule has 0 spiro atoms. The van der Waals surface area contributed by atoms with Gasteiger partial charge in [-0.1, -0.05) is 0 Å². The van der Waals surface area contributed by atoms with Gasteiger partial charge in [-0.25, -0.2) is 0 Å². The number of fused-ring (bicyclic) bond motifs is 2. The average molecular weight is 280 g/mol. The summed E-state index contributed by atoms with van der Waals surface area (Å²) in [6, 6.07) is 0. The lowest BCUT2D eigenvalue weighted by atomic mass is 9.99. The van der Waals surface area contributed by atoms with Crippen molar-refractivity contribution in [2.45, 2.75) is 25.7 Å². The second-order valence-corrected chi connectivity index (χ2v) is 7.73. The van der Waals surface area contributed by atoms with Crippen molar-refractivity contribution in [2.24, 2.45) is 22.7 Å². The zero-order valence-electron chi connectivity index (χ0n) is 12.8. The highest BCUT2D eigenvalue weighted by atomic mass is 16.3. The second kappa shape index (κ2) is 5.08. The molecule has 2 aliphatic heterocycles. The largest absolute Gasteiger partial charge is 0.396 e. The number of hydrogen-bond donors (Lipinski definition) is 1. The van der Waals surface area contributed by atoms with Gasteiger partial charge < -0.3 is 19.7 Å². The Balaban J connectivity index is 0.000000121. The normalized spacial score (nSPS) is 46.5. The van der Waals surface area contributed by atoms with Gasteiger partial charge in [-0.3, -0.25) is 0 Å². The highest BCUT2D eigenvalue weighted by Gasteiger charge is 2.56. The van der Waals surface area contributed by atoms with E-state index in [9.17, 15) is 4.79 Å². The van der Waals surface area contributed by atoms with Crippen LogP contribution in [0.25, 0.3) is 0 Å². The zero-order valence-corrected chi connectivity index (χ0v) is 12.8. The van der Waals surface area contributed by atoms with Gasteiger partial charge in [-0.2, -0.15) is 0 Å². The van der Waals surface area contributed by atoms with Crippen LogP contribution in [0.2, 0.25) is 0 Å². The molecule has 2 saturated carbocycles. The predicted octanol–water partition coefficient (Wildman–Crippen LogP) is 0.848. The van der Waals surface area contributed by atoms with Gasteiger partial charge >= 0.3 is 0 Å². The summed E-state index contributed by atoms with van der Waals surface area (Å²) in [6.07, 6.45) is 6.13. The third kappa shape index (κ3) is 2.53. The van der Waals surface area contributed by atoms with E-state index in [0.717, 1.165) is 31.3 Å². The molecule has 4 rings (SSSR count). The van der Waals surface area contributed by atoms with Gasteiger partial charge in [-0.05, 0) is 64.7 Å². The number of hydrogen-bond acceptors (Lipinski definition) is 4. The van der Waals surface area contributed by atoms with E-state index in [1.165, 1.54) is 38.6 Å². The maximum Gasteiger partial charge on any atom is 0.127 e. The predicted molar refractivity (Wildman–Crippen MR) is 78.5 cm³/mol. The minimum atomic E-state index is 0.104. The van der Waals surface area contributed by atoms with Gasteiger partial charge in [0.1, 0.15) is 6.29 Å². The van der Waals surface area contributed by atoms with Crippen molar-refractivity contribution in [3.8, 4) is 0 Å². The van der Waals surface area contributed by atoms with E-state index in [2.05, 4.69) is 23.9 Å². The fraction of sp³-hybridized carbons (Fsp3) is 0.938. The molecule has 2 heterocycles. The third-order valence-electron chi connectivity index (χ3n) is 6.06. The summed E-state index contributed by atoms with van der Waals surface area (Å²) < 4.78 is 0. The first-order chi connectivity index (χ1) is 9.53. The molecule has 4 unspecified atom stereocenters. The molecular formula is C16H28N2O2. The molecule has 0 aromatic heterocycles. The molecule has 0 amide bonds. The Kier molecular flexibility index (Phi) is 3.68. The summed E-state index contributed by atoms with van der Waals surface area (Å²) in [5, 5.41) is 9.08. The van der Waals surface area contributed by atoms with Crippen LogP contribution in [-0.4, -0.2) is 68.1 Å². The summed E-state index contributed by atoms with van der Waals surface area (Å²) >= 11 is 0. The summed E-state index contributed by atoms with van der Waals surface area (Å²) in [5.41, 5.74) is 0.444. The Morgan fingerprint density at radius 3 is 2.30 bits per heavy atom. The van der Waals surface area contributed by atoms with E-state index in [1.807, 2.05) is 0 Å². The van der Waals surface area contributed by atoms with E-state index < -0.39 is 0 Å². The number of carbonyl (C=O) groups excluding carboxylic acids is 1. The summed E-state index contributed by atoms with van der Waals surface area (Å²) in [4.78, 5) is 15.2. The molecular weight excluding hydrogens is 252 g/mol. The van der Waals surface area contributed by atoms with Crippen LogP contribution in [0.5, 0.6) is 0 Å². The van der Waals surface area contributed by atoms with Crippen molar-refractivity contribution in [3.63, 3.8) is 0 Å². The number of aliphatic hydroxyl groups is 1. The first kappa shape index (κ1) is 14.5. The first-order valence-electron chi connectivity index (χ1n) is 7.98. The lowest BCUT2D eigenvalue weighted by Gasteiger charge is -2.28. The monoisotopic (exact) mass is 280 g/mol. The van der Waals surface area contributed by atoms with Crippen LogP contribution < -0.4 is 0 Å². The minimum absolute atomic E-state index is 0.104. The lowest BCUT2D eigenvalue weighted by molar-refractivity contribution is -0.113. The van der Waals surface area contributed by atoms with Gasteiger partial charge in [0.05, 0.1) is 6.61 Å². The number of aliphatic hydroxyl groups excluding tert-OH is 1. The fourth-order valence-corrected chi connectivity index (χ4v) is 4.39. The molecule has 114 valence electrons. The number of nitrogens with zero attached hydrogens (tertiary/aromatic N) is 2. The van der Waals surface area contributed by atoms with Crippen molar-refractivity contribution in [3.05, 3.63) is 0 Å². The van der Waals surface area contributed by atoms with Crippen LogP contribution in [0.15, 0.2) is 0 Å². The van der Waals surface area contributed by atoms with Crippen LogP contribution >= 0.6 is 0 Å². The Hall–Kier alpha value is -0.450. The van der Waals surface area contributed by atoms with Crippen LogP contribution in [0.3, 0.4) is 0 Å². The summed E-state index contributed by atoms with van der Waals surface area (Å²) in [5.74, 6) is 1.59. The van der Waals surface area contributed by atoms with Gasteiger partial charge in [0.15, 0.2) is 0 Å². The first-order valence-corrected chi connectivity index (χ1v) is 7.98. The Morgan fingerprint density at radius 1 is 1.10 bits per heavy atom. The van der Waals surface area contributed by atoms with Crippen molar-refractivity contribution in [1.29, 1.82) is 0 Å². The van der Waals surface area contributed by atoms with Crippen molar-refractivity contribution < 1.29 is 9.90 Å². The van der Waals surface area contributed by atoms with E-state index in [1.54, 1.807) is 0 Å². The van der Waals surface area contributed by atoms with E-state index in [0.29, 0.717) is 12.0 Å². The van der Waals surface area contributed by atoms with Crippen LogP contribution in [-0.2, 0) is 4.79 Å². The van der Waals surface area contributed by atoms with Gasteiger partial charge in [-0.15, -0.1) is 0 Å². The quantitative estimate of drug-likeness (QED) is 0.762. The van der Waals surface area contributed by atoms with Crippen molar-refractivity contribution in [1.82, 2.24) is 9.80 Å². The molecule has 4 nitrogen and oxygen atoms in total. The number of aldehydes is 1. The molecule has 1 N–H and O–H groups in total. The molecule has 4 heteroatoms. The smallest absolute Gasteiger partial charge is 0.127 e. The molecule has 0 radical (unpaired) electrons. The van der Waals surface area contributed by atoms with Gasteiger partial charge in [0.2, 0.25) is 0 Å². The number of carbonyl (C=O) groups is 1. The number of piperidine rings is 2. The molecule has 0 aromatic carbocycles. The van der Waals surface area contributed by atoms with E-state index in [4.69, 9.17) is 5.11 Å². The second-order valence-electron chi connectivity index (χ2n) is 7.73. The molecule has 4 atom stereocenters. The fourth-order valence-electron chi connectivity index (χ4n) is 4.39. The van der Waals surface area contributed by atoms with E-state index >= 15 is 0 Å². The number of rotatable bonds is 2. The minimum Gasteiger partial charge on any atom is -0.396 e. The maximum absolute atomic E-state index is 10.6. The Labute approximate surface area is 122 Å². The molecule has 4 fully saturated rings. The third-order valence-corrected chi connectivity index (χ3v) is 6.06. The average Bonchev–Trinajstić information content (AvgIpc) is 3.31. The van der Waals surface area contributed by atoms with Crippen LogP contribution in [0.1, 0.15) is 25.7 Å². The molecule has 0 aromatic rings. The lowest BCUT2D eigenvalue weighted by Crippen LogP contribution is -2.35. The summed E-state index contributed by atoms with van der Waals surface area (Å²) in [7, 11) is 4.24. The Morgan fingerprint density at radius 2 is 1.75 bits per heavy atom. The SMILES string of the molecule is CN1CCC2CC2(C=O)C1.CN1CCC2CC2(CO)C1. The standard InChI is InChI=1S/C8H15NO.C8H13NO/c2*1-9-3-2-7-4-8(7,5-9)6-10/h7,10H,2-6H2,1H3;6-7H,2-5H2,1H3. The molecule has 2 saturated heterocycles. The highest BCUT2D eigenvalue weighted by Crippen LogP contribution is 2.56. The molecule has 4 aliphatic rings. The summed E-state index contributed by atoms with van der Waals surface area (Å²) in [6.45, 7) is 4.93. The van der Waals surface area contributed by atoms with Crippen LogP contribution in [0.4, 0.5) is 0 Å².